The molecule has 0 aromatic heterocycles. The van der Waals surface area contributed by atoms with Crippen LogP contribution in [-0.2, 0) is 6.54 Å². The molecule has 0 saturated heterocycles. The van der Waals surface area contributed by atoms with Gasteiger partial charge in [-0.15, -0.1) is 0 Å². The first kappa shape index (κ1) is 14.8. The van der Waals surface area contributed by atoms with Gasteiger partial charge in [-0.25, -0.2) is 4.39 Å². The Bertz CT molecular complexity index is 658. The summed E-state index contributed by atoms with van der Waals surface area (Å²) in [5.74, 6) is -0.678. The van der Waals surface area contributed by atoms with Gasteiger partial charge in [0.2, 0.25) is 5.91 Å². The van der Waals surface area contributed by atoms with Crippen LogP contribution < -0.4 is 11.1 Å². The van der Waals surface area contributed by atoms with E-state index in [1.54, 1.807) is 18.2 Å². The highest BCUT2D eigenvalue weighted by atomic mass is 127. The topological polar surface area (TPSA) is 55.1 Å². The molecule has 0 bridgehead atoms. The van der Waals surface area contributed by atoms with Gasteiger partial charge in [0.25, 0.3) is 0 Å². The predicted octanol–water partition coefficient (Wildman–Crippen LogP) is 3.45. The summed E-state index contributed by atoms with van der Waals surface area (Å²) < 4.78 is 13.8. The van der Waals surface area contributed by atoms with Gasteiger partial charge in [0.1, 0.15) is 5.82 Å². The van der Waals surface area contributed by atoms with E-state index in [1.807, 2.05) is 13.0 Å². The number of anilines is 1. The summed E-state index contributed by atoms with van der Waals surface area (Å²) in [6, 6.07) is 9.97. The van der Waals surface area contributed by atoms with Gasteiger partial charge in [0.15, 0.2) is 0 Å². The molecule has 0 aliphatic rings. The number of carbonyl (C=O) groups is 1. The molecule has 0 radical (unpaired) electrons. The Labute approximate surface area is 130 Å². The quantitative estimate of drug-likeness (QED) is 0.794. The largest absolute Gasteiger partial charge is 0.380 e. The van der Waals surface area contributed by atoms with E-state index in [0.29, 0.717) is 12.1 Å². The minimum absolute atomic E-state index is 0.248. The molecule has 20 heavy (non-hydrogen) atoms. The van der Waals surface area contributed by atoms with Gasteiger partial charge in [0, 0.05) is 21.4 Å². The summed E-state index contributed by atoms with van der Waals surface area (Å²) in [6.07, 6.45) is 0. The smallest absolute Gasteiger partial charge is 0.248 e. The van der Waals surface area contributed by atoms with Crippen LogP contribution in [0.25, 0.3) is 0 Å². The minimum Gasteiger partial charge on any atom is -0.380 e. The standard InChI is InChI=1S/C15H14FIN2O/c1-9-6-10(15(18)20)2-3-11(9)8-19-14-5-4-12(16)7-13(14)17/h2-7,19H,8H2,1H3,(H2,18,20). The lowest BCUT2D eigenvalue weighted by Gasteiger charge is -2.11. The Morgan fingerprint density at radius 3 is 2.65 bits per heavy atom. The number of nitrogens with one attached hydrogen (secondary N) is 1. The van der Waals surface area contributed by atoms with Crippen molar-refractivity contribution < 1.29 is 9.18 Å². The van der Waals surface area contributed by atoms with Crippen molar-refractivity contribution >= 4 is 34.2 Å². The molecule has 3 nitrogen and oxygen atoms in total. The van der Waals surface area contributed by atoms with Gasteiger partial charge < -0.3 is 11.1 Å². The van der Waals surface area contributed by atoms with Gasteiger partial charge in [-0.05, 0) is 71.0 Å². The Kier molecular flexibility index (Phi) is 4.59. The summed E-state index contributed by atoms with van der Waals surface area (Å²) in [5, 5.41) is 3.26. The molecule has 0 saturated carbocycles. The number of hydrogen-bond donors (Lipinski definition) is 2. The minimum atomic E-state index is -0.430. The fourth-order valence-corrected chi connectivity index (χ4v) is 2.54. The van der Waals surface area contributed by atoms with Gasteiger partial charge in [0.05, 0.1) is 0 Å². The third kappa shape index (κ3) is 3.47. The van der Waals surface area contributed by atoms with Crippen LogP contribution in [0.4, 0.5) is 10.1 Å². The van der Waals surface area contributed by atoms with E-state index in [2.05, 4.69) is 27.9 Å². The number of carbonyl (C=O) groups excluding carboxylic acids is 1. The lowest BCUT2D eigenvalue weighted by molar-refractivity contribution is 0.1000. The Morgan fingerprint density at radius 2 is 2.05 bits per heavy atom. The molecule has 0 aliphatic carbocycles. The molecule has 2 aromatic rings. The monoisotopic (exact) mass is 384 g/mol. The number of primary amides is 1. The second-order valence-corrected chi connectivity index (χ2v) is 5.65. The molecule has 1 amide bonds. The number of nitrogens with two attached hydrogens (primary N) is 1. The van der Waals surface area contributed by atoms with E-state index in [0.717, 1.165) is 20.4 Å². The first-order valence-electron chi connectivity index (χ1n) is 6.05. The van der Waals surface area contributed by atoms with Crippen molar-refractivity contribution in [3.63, 3.8) is 0 Å². The highest BCUT2D eigenvalue weighted by Crippen LogP contribution is 2.20. The average molecular weight is 384 g/mol. The molecule has 0 spiro atoms. The predicted molar refractivity (Wildman–Crippen MR) is 86.1 cm³/mol. The van der Waals surface area contributed by atoms with Crippen molar-refractivity contribution in [3.05, 3.63) is 62.5 Å². The van der Waals surface area contributed by atoms with Crippen LogP contribution in [0.2, 0.25) is 0 Å². The van der Waals surface area contributed by atoms with Crippen molar-refractivity contribution in [2.24, 2.45) is 5.73 Å². The van der Waals surface area contributed by atoms with Gasteiger partial charge in [-0.1, -0.05) is 6.07 Å². The van der Waals surface area contributed by atoms with Crippen LogP contribution in [0, 0.1) is 16.3 Å². The summed E-state index contributed by atoms with van der Waals surface area (Å²) in [5.41, 5.74) is 8.68. The molecule has 2 rings (SSSR count). The Balaban J connectivity index is 2.13. The van der Waals surface area contributed by atoms with E-state index in [1.165, 1.54) is 12.1 Å². The number of aryl methyl sites for hydroxylation is 1. The SMILES string of the molecule is Cc1cc(C(N)=O)ccc1CNc1ccc(F)cc1I. The molecule has 0 fully saturated rings. The van der Waals surface area contributed by atoms with Crippen molar-refractivity contribution in [2.75, 3.05) is 5.32 Å². The molecule has 104 valence electrons. The summed E-state index contributed by atoms with van der Waals surface area (Å²) in [7, 11) is 0. The first-order valence-corrected chi connectivity index (χ1v) is 7.13. The molecule has 0 aliphatic heterocycles. The summed E-state index contributed by atoms with van der Waals surface area (Å²) in [4.78, 5) is 11.1. The van der Waals surface area contributed by atoms with Crippen molar-refractivity contribution in [1.82, 2.24) is 0 Å². The summed E-state index contributed by atoms with van der Waals surface area (Å²) in [6.45, 7) is 2.53. The van der Waals surface area contributed by atoms with E-state index in [-0.39, 0.29) is 5.82 Å². The number of halogens is 2. The zero-order valence-corrected chi connectivity index (χ0v) is 13.1. The molecule has 5 heteroatoms. The van der Waals surface area contributed by atoms with Crippen LogP contribution >= 0.6 is 22.6 Å². The molecule has 2 aromatic carbocycles. The first-order chi connectivity index (χ1) is 9.47. The zero-order valence-electron chi connectivity index (χ0n) is 10.9. The highest BCUT2D eigenvalue weighted by Gasteiger charge is 2.05. The summed E-state index contributed by atoms with van der Waals surface area (Å²) >= 11 is 2.09. The van der Waals surface area contributed by atoms with E-state index in [9.17, 15) is 9.18 Å². The molecular formula is C15H14FIN2O. The maximum absolute atomic E-state index is 13.0. The maximum atomic E-state index is 13.0. The zero-order chi connectivity index (χ0) is 14.7. The lowest BCUT2D eigenvalue weighted by Crippen LogP contribution is -2.12. The Hall–Kier alpha value is -1.63. The molecular weight excluding hydrogens is 370 g/mol. The normalized spacial score (nSPS) is 10.3. The van der Waals surface area contributed by atoms with Crippen molar-refractivity contribution in [2.45, 2.75) is 13.5 Å². The fraction of sp³-hybridized carbons (Fsp3) is 0.133. The lowest BCUT2D eigenvalue weighted by atomic mass is 10.0. The van der Waals surface area contributed by atoms with Crippen molar-refractivity contribution in [1.29, 1.82) is 0 Å². The number of hydrogen-bond acceptors (Lipinski definition) is 2. The third-order valence-electron chi connectivity index (χ3n) is 3.03. The van der Waals surface area contributed by atoms with E-state index < -0.39 is 5.91 Å². The van der Waals surface area contributed by atoms with Crippen molar-refractivity contribution in [3.8, 4) is 0 Å². The molecule has 3 N–H and O–H groups in total. The molecule has 0 atom stereocenters. The number of benzene rings is 2. The second kappa shape index (κ2) is 6.21. The number of amides is 1. The molecule has 0 heterocycles. The van der Waals surface area contributed by atoms with Crippen LogP contribution in [-0.4, -0.2) is 5.91 Å². The fourth-order valence-electron chi connectivity index (χ4n) is 1.87. The average Bonchev–Trinajstić information content (AvgIpc) is 2.38. The van der Waals surface area contributed by atoms with Crippen LogP contribution in [0.3, 0.4) is 0 Å². The van der Waals surface area contributed by atoms with Crippen LogP contribution in [0.1, 0.15) is 21.5 Å². The van der Waals surface area contributed by atoms with E-state index >= 15 is 0 Å². The second-order valence-electron chi connectivity index (χ2n) is 4.48. The maximum Gasteiger partial charge on any atom is 0.248 e. The van der Waals surface area contributed by atoms with Gasteiger partial charge >= 0.3 is 0 Å². The van der Waals surface area contributed by atoms with Gasteiger partial charge in [-0.2, -0.15) is 0 Å². The highest BCUT2D eigenvalue weighted by molar-refractivity contribution is 14.1. The van der Waals surface area contributed by atoms with Gasteiger partial charge in [-0.3, -0.25) is 4.79 Å². The molecule has 0 unspecified atom stereocenters. The number of rotatable bonds is 4. The third-order valence-corrected chi connectivity index (χ3v) is 3.92. The Morgan fingerprint density at radius 1 is 1.30 bits per heavy atom. The van der Waals surface area contributed by atoms with Crippen LogP contribution in [0.15, 0.2) is 36.4 Å². The van der Waals surface area contributed by atoms with Crippen LogP contribution in [0.5, 0.6) is 0 Å². The van der Waals surface area contributed by atoms with E-state index in [4.69, 9.17) is 5.73 Å².